The first kappa shape index (κ1) is 16.2. The fourth-order valence-electron chi connectivity index (χ4n) is 3.68. The summed E-state index contributed by atoms with van der Waals surface area (Å²) in [4.78, 5) is 23.1. The normalized spacial score (nSPS) is 41.4. The monoisotopic (exact) mass is 300 g/mol. The molecule has 0 bridgehead atoms. The molecule has 21 heavy (non-hydrogen) atoms. The first-order chi connectivity index (χ1) is 9.63. The van der Waals surface area contributed by atoms with Crippen molar-refractivity contribution in [1.29, 1.82) is 0 Å². The molecule has 0 aromatic carbocycles. The third-order valence-corrected chi connectivity index (χ3v) is 4.43. The van der Waals surface area contributed by atoms with E-state index in [-0.39, 0.29) is 12.3 Å². The maximum atomic E-state index is 11.7. The van der Waals surface area contributed by atoms with Crippen molar-refractivity contribution in [3.8, 4) is 0 Å². The van der Waals surface area contributed by atoms with Crippen LogP contribution in [0.15, 0.2) is 0 Å². The predicted molar refractivity (Wildman–Crippen MR) is 74.4 cm³/mol. The summed E-state index contributed by atoms with van der Waals surface area (Å²) in [6, 6.07) is -0.947. The van der Waals surface area contributed by atoms with E-state index < -0.39 is 41.5 Å². The number of carboxylic acid groups (broad SMARTS) is 1. The Labute approximate surface area is 124 Å². The number of carbonyl (C=O) groups excluding carboxylic acids is 1. The third kappa shape index (κ3) is 2.65. The second kappa shape index (κ2) is 5.23. The average Bonchev–Trinajstić information content (AvgIpc) is 2.64. The van der Waals surface area contributed by atoms with Gasteiger partial charge in [-0.15, -0.1) is 0 Å². The van der Waals surface area contributed by atoms with E-state index >= 15 is 0 Å². The minimum absolute atomic E-state index is 0.220. The quantitative estimate of drug-likeness (QED) is 0.688. The van der Waals surface area contributed by atoms with E-state index in [2.05, 4.69) is 5.32 Å². The topological polar surface area (TPSA) is 111 Å². The number of nitrogens with one attached hydrogen (secondary N) is 1. The summed E-state index contributed by atoms with van der Waals surface area (Å²) in [6.07, 6.45) is 0.136. The maximum absolute atomic E-state index is 11.7. The molecule has 1 saturated carbocycles. The smallest absolute Gasteiger partial charge is 0.309 e. The van der Waals surface area contributed by atoms with Gasteiger partial charge in [-0.3, -0.25) is 9.59 Å². The van der Waals surface area contributed by atoms with E-state index in [9.17, 15) is 14.7 Å². The van der Waals surface area contributed by atoms with Crippen molar-refractivity contribution in [1.82, 2.24) is 5.32 Å². The van der Waals surface area contributed by atoms with E-state index in [0.717, 1.165) is 0 Å². The highest BCUT2D eigenvalue weighted by molar-refractivity contribution is 5.74. The number of nitrogens with two attached hydrogens (primary N) is 1. The molecule has 1 aliphatic carbocycles. The second-order valence-corrected chi connectivity index (χ2v) is 6.37. The number of fused-ring (bicyclic) bond motifs is 1. The Kier molecular flexibility index (Phi) is 4.03. The largest absolute Gasteiger partial charge is 0.481 e. The third-order valence-electron chi connectivity index (χ3n) is 4.43. The van der Waals surface area contributed by atoms with Crippen molar-refractivity contribution in [2.75, 3.05) is 0 Å². The molecule has 120 valence electrons. The van der Waals surface area contributed by atoms with Crippen LogP contribution in [-0.2, 0) is 19.1 Å². The van der Waals surface area contributed by atoms with Crippen molar-refractivity contribution < 1.29 is 24.2 Å². The van der Waals surface area contributed by atoms with Crippen LogP contribution in [0.3, 0.4) is 0 Å². The number of carboxylic acids is 1. The summed E-state index contributed by atoms with van der Waals surface area (Å²) >= 11 is 0. The van der Waals surface area contributed by atoms with Gasteiger partial charge in [0.2, 0.25) is 5.91 Å². The van der Waals surface area contributed by atoms with E-state index in [1.807, 2.05) is 6.92 Å². The Morgan fingerprint density at radius 2 is 2.05 bits per heavy atom. The molecule has 0 unspecified atom stereocenters. The van der Waals surface area contributed by atoms with Gasteiger partial charge in [-0.25, -0.2) is 0 Å². The SMILES string of the molecule is CC[C@]12OC(C)(C)O[C@H]1[C@H](NC(C)=O)[C@@H](N)C[C@H]2C(=O)O. The lowest BCUT2D eigenvalue weighted by atomic mass is 9.68. The van der Waals surface area contributed by atoms with E-state index in [1.54, 1.807) is 13.8 Å². The van der Waals surface area contributed by atoms with Crippen molar-refractivity contribution in [3.05, 3.63) is 0 Å². The van der Waals surface area contributed by atoms with Gasteiger partial charge < -0.3 is 25.6 Å². The van der Waals surface area contributed by atoms with Gasteiger partial charge in [0.05, 0.1) is 12.0 Å². The summed E-state index contributed by atoms with van der Waals surface area (Å²) in [5.74, 6) is -2.83. The number of hydrogen-bond donors (Lipinski definition) is 3. The summed E-state index contributed by atoms with van der Waals surface area (Å²) in [7, 11) is 0. The van der Waals surface area contributed by atoms with Gasteiger partial charge in [-0.05, 0) is 26.7 Å². The Morgan fingerprint density at radius 3 is 2.52 bits per heavy atom. The molecule has 4 N–H and O–H groups in total. The van der Waals surface area contributed by atoms with E-state index in [0.29, 0.717) is 6.42 Å². The fourth-order valence-corrected chi connectivity index (χ4v) is 3.68. The summed E-state index contributed by atoms with van der Waals surface area (Å²) in [6.45, 7) is 6.77. The molecule has 0 aromatic rings. The summed E-state index contributed by atoms with van der Waals surface area (Å²) in [5, 5.41) is 12.4. The Hall–Kier alpha value is -1.18. The van der Waals surface area contributed by atoms with Gasteiger partial charge >= 0.3 is 5.97 Å². The summed E-state index contributed by atoms with van der Waals surface area (Å²) in [5.41, 5.74) is 5.13. The van der Waals surface area contributed by atoms with Crippen LogP contribution < -0.4 is 11.1 Å². The number of rotatable bonds is 3. The first-order valence-electron chi connectivity index (χ1n) is 7.26. The molecule has 2 rings (SSSR count). The molecule has 1 saturated heterocycles. The van der Waals surface area contributed by atoms with Crippen LogP contribution in [0.5, 0.6) is 0 Å². The standard InChI is InChI=1S/C14H24N2O5/c1-5-14-8(12(18)19)6-9(15)10(16-7(2)17)11(14)20-13(3,4)21-14/h8-11H,5-6,15H2,1-4H3,(H,16,17)(H,18,19)/t8-,9-,10+,11-,14+/m0/s1. The number of hydrogen-bond acceptors (Lipinski definition) is 5. The van der Waals surface area contributed by atoms with Crippen molar-refractivity contribution >= 4 is 11.9 Å². The van der Waals surface area contributed by atoms with Gasteiger partial charge in [0, 0.05) is 13.0 Å². The molecule has 0 radical (unpaired) electrons. The van der Waals surface area contributed by atoms with Crippen molar-refractivity contribution in [3.63, 3.8) is 0 Å². The molecule has 5 atom stereocenters. The van der Waals surface area contributed by atoms with Crippen LogP contribution >= 0.6 is 0 Å². The molecule has 1 heterocycles. The van der Waals surface area contributed by atoms with E-state index in [4.69, 9.17) is 15.2 Å². The van der Waals surface area contributed by atoms with Gasteiger partial charge in [-0.2, -0.15) is 0 Å². The molecule has 0 spiro atoms. The van der Waals surface area contributed by atoms with Crippen LogP contribution in [-0.4, -0.2) is 46.6 Å². The minimum Gasteiger partial charge on any atom is -0.481 e. The lowest BCUT2D eigenvalue weighted by molar-refractivity contribution is -0.184. The zero-order chi connectivity index (χ0) is 16.0. The molecule has 1 aliphatic heterocycles. The van der Waals surface area contributed by atoms with E-state index in [1.165, 1.54) is 6.92 Å². The highest BCUT2D eigenvalue weighted by Gasteiger charge is 2.64. The van der Waals surface area contributed by atoms with Gasteiger partial charge in [0.15, 0.2) is 5.79 Å². The van der Waals surface area contributed by atoms with Crippen LogP contribution in [0.2, 0.25) is 0 Å². The van der Waals surface area contributed by atoms with Crippen LogP contribution in [0.25, 0.3) is 0 Å². The molecule has 7 heteroatoms. The number of amides is 1. The summed E-state index contributed by atoms with van der Waals surface area (Å²) < 4.78 is 11.9. The predicted octanol–water partition coefficient (Wildman–Crippen LogP) is 0.223. The molecular formula is C14H24N2O5. The van der Waals surface area contributed by atoms with Gasteiger partial charge in [0.1, 0.15) is 11.7 Å². The molecule has 7 nitrogen and oxygen atoms in total. The highest BCUT2D eigenvalue weighted by Crippen LogP contribution is 2.49. The van der Waals surface area contributed by atoms with Crippen molar-refractivity contribution in [2.24, 2.45) is 11.7 Å². The van der Waals surface area contributed by atoms with Crippen molar-refractivity contribution in [2.45, 2.75) is 70.1 Å². The molecule has 0 aromatic heterocycles. The second-order valence-electron chi connectivity index (χ2n) is 6.37. The average molecular weight is 300 g/mol. The number of carbonyl (C=O) groups is 2. The first-order valence-corrected chi connectivity index (χ1v) is 7.26. The molecule has 2 aliphatic rings. The lowest BCUT2D eigenvalue weighted by Crippen LogP contribution is -2.68. The molecule has 2 fully saturated rings. The highest BCUT2D eigenvalue weighted by atomic mass is 16.8. The Balaban J connectivity index is 2.45. The van der Waals surface area contributed by atoms with Gasteiger partial charge in [0.25, 0.3) is 0 Å². The number of ether oxygens (including phenoxy) is 2. The minimum atomic E-state index is -0.974. The fraction of sp³-hybridized carbons (Fsp3) is 0.857. The van der Waals surface area contributed by atoms with Crippen LogP contribution in [0, 0.1) is 5.92 Å². The molecule has 1 amide bonds. The van der Waals surface area contributed by atoms with Gasteiger partial charge in [-0.1, -0.05) is 6.92 Å². The molecular weight excluding hydrogens is 276 g/mol. The lowest BCUT2D eigenvalue weighted by Gasteiger charge is -2.47. The van der Waals surface area contributed by atoms with Crippen LogP contribution in [0.1, 0.15) is 40.5 Å². The Morgan fingerprint density at radius 1 is 1.43 bits per heavy atom. The zero-order valence-corrected chi connectivity index (χ0v) is 12.9. The van der Waals surface area contributed by atoms with Crippen LogP contribution in [0.4, 0.5) is 0 Å². The maximum Gasteiger partial charge on any atom is 0.309 e. The zero-order valence-electron chi connectivity index (χ0n) is 12.9. The Bertz CT molecular complexity index is 453. The number of aliphatic carboxylic acids is 1.